The molecular formula is C14H22N2O4S. The second kappa shape index (κ2) is 7.22. The third-order valence-electron chi connectivity index (χ3n) is 3.59. The molecule has 0 bridgehead atoms. The molecule has 2 rings (SSSR count). The number of benzene rings is 1. The Labute approximate surface area is 125 Å². The highest BCUT2D eigenvalue weighted by Crippen LogP contribution is 2.21. The molecule has 3 N–H and O–H groups in total. The molecule has 0 saturated carbocycles. The Bertz CT molecular complexity index is 545. The predicted molar refractivity (Wildman–Crippen MR) is 79.7 cm³/mol. The second-order valence-corrected chi connectivity index (χ2v) is 6.85. The van der Waals surface area contributed by atoms with Crippen LogP contribution in [0.25, 0.3) is 0 Å². The monoisotopic (exact) mass is 314 g/mol. The minimum atomic E-state index is -3.49. The lowest BCUT2D eigenvalue weighted by Crippen LogP contribution is -2.32. The molecule has 2 atom stereocenters. The Kier molecular flexibility index (Phi) is 5.58. The topological polar surface area (TPSA) is 90.6 Å². The summed E-state index contributed by atoms with van der Waals surface area (Å²) in [4.78, 5) is 0.231. The highest BCUT2D eigenvalue weighted by atomic mass is 32.2. The van der Waals surface area contributed by atoms with E-state index in [4.69, 9.17) is 15.2 Å². The summed E-state index contributed by atoms with van der Waals surface area (Å²) in [7, 11) is -3.49. The Morgan fingerprint density at radius 2 is 2.10 bits per heavy atom. The molecule has 0 aromatic heterocycles. The van der Waals surface area contributed by atoms with Crippen molar-refractivity contribution < 1.29 is 17.9 Å². The normalized spacial score (nSPS) is 22.4. The average Bonchev–Trinajstić information content (AvgIpc) is 2.89. The quantitative estimate of drug-likeness (QED) is 0.774. The van der Waals surface area contributed by atoms with Crippen LogP contribution in [-0.4, -0.2) is 40.8 Å². The maximum Gasteiger partial charge on any atom is 0.240 e. The molecule has 0 amide bonds. The second-order valence-electron chi connectivity index (χ2n) is 5.09. The van der Waals surface area contributed by atoms with E-state index in [1.54, 1.807) is 12.1 Å². The first-order valence-corrected chi connectivity index (χ1v) is 8.55. The number of hydrogen-bond acceptors (Lipinski definition) is 5. The molecule has 1 saturated heterocycles. The highest BCUT2D eigenvalue weighted by molar-refractivity contribution is 7.89. The molecule has 7 heteroatoms. The predicted octanol–water partition coefficient (Wildman–Crippen LogP) is 0.727. The zero-order valence-corrected chi connectivity index (χ0v) is 12.9. The van der Waals surface area contributed by atoms with Crippen LogP contribution in [0.3, 0.4) is 0 Å². The fraction of sp³-hybridized carbons (Fsp3) is 0.571. The van der Waals surface area contributed by atoms with Gasteiger partial charge in [-0.25, -0.2) is 13.1 Å². The van der Waals surface area contributed by atoms with Crippen LogP contribution >= 0.6 is 0 Å². The van der Waals surface area contributed by atoms with Crippen molar-refractivity contribution in [3.8, 4) is 5.75 Å². The molecule has 0 radical (unpaired) electrons. The van der Waals surface area contributed by atoms with Crippen molar-refractivity contribution in [3.05, 3.63) is 24.3 Å². The van der Waals surface area contributed by atoms with Gasteiger partial charge in [0.2, 0.25) is 10.0 Å². The fourth-order valence-corrected chi connectivity index (χ4v) is 3.33. The van der Waals surface area contributed by atoms with E-state index >= 15 is 0 Å². The van der Waals surface area contributed by atoms with Gasteiger partial charge < -0.3 is 15.2 Å². The molecule has 1 aliphatic heterocycles. The van der Waals surface area contributed by atoms with E-state index in [-0.39, 0.29) is 16.9 Å². The molecule has 1 aliphatic rings. The van der Waals surface area contributed by atoms with Crippen molar-refractivity contribution in [1.29, 1.82) is 0 Å². The number of ether oxygens (including phenoxy) is 2. The van der Waals surface area contributed by atoms with Crippen LogP contribution in [0.5, 0.6) is 5.75 Å². The van der Waals surface area contributed by atoms with Crippen molar-refractivity contribution >= 4 is 10.0 Å². The largest absolute Gasteiger partial charge is 0.492 e. The van der Waals surface area contributed by atoms with Crippen molar-refractivity contribution in [2.45, 2.75) is 24.3 Å². The number of nitrogens with one attached hydrogen (secondary N) is 1. The average molecular weight is 314 g/mol. The first-order chi connectivity index (χ1) is 10.0. The summed E-state index contributed by atoms with van der Waals surface area (Å²) >= 11 is 0. The smallest absolute Gasteiger partial charge is 0.240 e. The molecule has 1 aromatic carbocycles. The number of hydrogen-bond donors (Lipinski definition) is 2. The zero-order valence-electron chi connectivity index (χ0n) is 12.1. The van der Waals surface area contributed by atoms with Gasteiger partial charge in [0.25, 0.3) is 0 Å². The van der Waals surface area contributed by atoms with Gasteiger partial charge in [0.05, 0.1) is 11.0 Å². The summed E-state index contributed by atoms with van der Waals surface area (Å²) in [5.41, 5.74) is 5.34. The third-order valence-corrected chi connectivity index (χ3v) is 5.03. The van der Waals surface area contributed by atoms with Crippen molar-refractivity contribution in [1.82, 2.24) is 4.72 Å². The molecule has 2 unspecified atom stereocenters. The van der Waals surface area contributed by atoms with E-state index in [0.717, 1.165) is 6.42 Å². The van der Waals surface area contributed by atoms with Crippen molar-refractivity contribution in [2.24, 2.45) is 11.7 Å². The maximum absolute atomic E-state index is 12.2. The number of nitrogens with two attached hydrogens (primary N) is 1. The number of sulfonamides is 1. The lowest BCUT2D eigenvalue weighted by molar-refractivity contribution is 0.107. The highest BCUT2D eigenvalue weighted by Gasteiger charge is 2.26. The minimum Gasteiger partial charge on any atom is -0.492 e. The molecule has 1 aromatic rings. The zero-order chi connectivity index (χ0) is 15.3. The SMILES string of the molecule is CC1OCCC1CNS(=O)(=O)c1ccc(OCCN)cc1. The summed E-state index contributed by atoms with van der Waals surface area (Å²) in [6.07, 6.45) is 0.981. The van der Waals surface area contributed by atoms with Gasteiger partial charge in [0, 0.05) is 25.6 Å². The third kappa shape index (κ3) is 4.41. The van der Waals surface area contributed by atoms with Gasteiger partial charge in [0.15, 0.2) is 0 Å². The molecule has 1 fully saturated rings. The first-order valence-electron chi connectivity index (χ1n) is 7.07. The summed E-state index contributed by atoms with van der Waals surface area (Å²) in [5, 5.41) is 0. The Morgan fingerprint density at radius 3 is 2.67 bits per heavy atom. The molecule has 1 heterocycles. The van der Waals surface area contributed by atoms with Gasteiger partial charge in [-0.1, -0.05) is 0 Å². The van der Waals surface area contributed by atoms with Crippen LogP contribution in [0.15, 0.2) is 29.2 Å². The van der Waals surface area contributed by atoms with Gasteiger partial charge in [-0.2, -0.15) is 0 Å². The van der Waals surface area contributed by atoms with Crippen LogP contribution in [-0.2, 0) is 14.8 Å². The maximum atomic E-state index is 12.2. The Balaban J connectivity index is 1.95. The van der Waals surface area contributed by atoms with E-state index in [2.05, 4.69) is 4.72 Å². The fourth-order valence-electron chi connectivity index (χ4n) is 2.24. The van der Waals surface area contributed by atoms with E-state index < -0.39 is 10.0 Å². The van der Waals surface area contributed by atoms with Crippen LogP contribution in [0.4, 0.5) is 0 Å². The van der Waals surface area contributed by atoms with E-state index in [9.17, 15) is 8.42 Å². The van der Waals surface area contributed by atoms with Crippen LogP contribution < -0.4 is 15.2 Å². The molecular weight excluding hydrogens is 292 g/mol. The van der Waals surface area contributed by atoms with Gasteiger partial charge in [-0.05, 0) is 37.6 Å². The van der Waals surface area contributed by atoms with Gasteiger partial charge >= 0.3 is 0 Å². The van der Waals surface area contributed by atoms with E-state index in [1.807, 2.05) is 6.92 Å². The van der Waals surface area contributed by atoms with Gasteiger partial charge in [-0.3, -0.25) is 0 Å². The summed E-state index contributed by atoms with van der Waals surface area (Å²) in [6.45, 7) is 3.89. The standard InChI is InChI=1S/C14H22N2O4S/c1-11-12(6-8-19-11)10-16-21(17,18)14-4-2-13(3-5-14)20-9-7-15/h2-5,11-12,16H,6-10,15H2,1H3. The van der Waals surface area contributed by atoms with Crippen LogP contribution in [0, 0.1) is 5.92 Å². The lowest BCUT2D eigenvalue weighted by Gasteiger charge is -2.15. The molecule has 6 nitrogen and oxygen atoms in total. The first kappa shape index (κ1) is 16.2. The summed E-state index contributed by atoms with van der Waals surface area (Å²) in [6, 6.07) is 6.32. The summed E-state index contributed by atoms with van der Waals surface area (Å²) < 4.78 is 37.8. The lowest BCUT2D eigenvalue weighted by atomic mass is 10.0. The van der Waals surface area contributed by atoms with Crippen molar-refractivity contribution in [3.63, 3.8) is 0 Å². The Hall–Kier alpha value is -1.15. The van der Waals surface area contributed by atoms with Gasteiger partial charge in [-0.15, -0.1) is 0 Å². The van der Waals surface area contributed by atoms with E-state index in [1.165, 1.54) is 12.1 Å². The van der Waals surface area contributed by atoms with E-state index in [0.29, 0.717) is 32.1 Å². The van der Waals surface area contributed by atoms with Crippen LogP contribution in [0.1, 0.15) is 13.3 Å². The Morgan fingerprint density at radius 1 is 1.38 bits per heavy atom. The molecule has 118 valence electrons. The van der Waals surface area contributed by atoms with Crippen LogP contribution in [0.2, 0.25) is 0 Å². The van der Waals surface area contributed by atoms with Crippen molar-refractivity contribution in [2.75, 3.05) is 26.3 Å². The summed E-state index contributed by atoms with van der Waals surface area (Å²) in [5.74, 6) is 0.837. The minimum absolute atomic E-state index is 0.0970. The van der Waals surface area contributed by atoms with Gasteiger partial charge in [0.1, 0.15) is 12.4 Å². The number of rotatable bonds is 7. The molecule has 21 heavy (non-hydrogen) atoms. The molecule has 0 aliphatic carbocycles. The molecule has 0 spiro atoms.